The van der Waals surface area contributed by atoms with Gasteiger partial charge in [-0.25, -0.2) is 0 Å². The summed E-state index contributed by atoms with van der Waals surface area (Å²) in [5.41, 5.74) is 1.26. The smallest absolute Gasteiger partial charge is 0.0423 e. The molecule has 0 spiro atoms. The summed E-state index contributed by atoms with van der Waals surface area (Å²) in [7, 11) is 0. The number of rotatable bonds is 2. The number of pyridine rings is 1. The lowest BCUT2D eigenvalue weighted by Crippen LogP contribution is -2.35. The first-order valence-corrected chi connectivity index (χ1v) is 7.35. The molecule has 100 valence electrons. The summed E-state index contributed by atoms with van der Waals surface area (Å²) >= 11 is 0. The normalized spacial score (nSPS) is 27.4. The van der Waals surface area contributed by atoms with Crippen LogP contribution in [0.2, 0.25) is 0 Å². The molecule has 19 heavy (non-hydrogen) atoms. The molecule has 1 aliphatic carbocycles. The lowest BCUT2D eigenvalue weighted by molar-refractivity contribution is 0.253. The highest BCUT2D eigenvalue weighted by Gasteiger charge is 2.27. The van der Waals surface area contributed by atoms with Gasteiger partial charge in [-0.05, 0) is 30.4 Å². The average Bonchev–Trinajstić information content (AvgIpc) is 2.44. The van der Waals surface area contributed by atoms with Crippen LogP contribution in [0.4, 0.5) is 5.69 Å². The van der Waals surface area contributed by atoms with Gasteiger partial charge in [0.1, 0.15) is 0 Å². The van der Waals surface area contributed by atoms with Gasteiger partial charge in [0.15, 0.2) is 0 Å². The Morgan fingerprint density at radius 1 is 1.16 bits per heavy atom. The van der Waals surface area contributed by atoms with E-state index in [9.17, 15) is 0 Å². The monoisotopic (exact) mass is 254 g/mol. The van der Waals surface area contributed by atoms with Crippen molar-refractivity contribution in [2.45, 2.75) is 39.2 Å². The van der Waals surface area contributed by atoms with E-state index >= 15 is 0 Å². The number of hydrogen-bond donors (Lipinski definition) is 1. The SMILES string of the molecule is CC1CCCC(Nc2cccc3cnccc23)C1C. The Labute approximate surface area is 115 Å². The average molecular weight is 254 g/mol. The van der Waals surface area contributed by atoms with E-state index in [-0.39, 0.29) is 0 Å². The molecule has 3 unspecified atom stereocenters. The molecule has 1 saturated carbocycles. The highest BCUT2D eigenvalue weighted by molar-refractivity contribution is 5.93. The molecule has 0 aliphatic heterocycles. The van der Waals surface area contributed by atoms with Crippen molar-refractivity contribution in [2.24, 2.45) is 11.8 Å². The third-order valence-electron chi connectivity index (χ3n) is 4.73. The van der Waals surface area contributed by atoms with E-state index in [4.69, 9.17) is 0 Å². The summed E-state index contributed by atoms with van der Waals surface area (Å²) in [5, 5.41) is 6.27. The summed E-state index contributed by atoms with van der Waals surface area (Å²) < 4.78 is 0. The van der Waals surface area contributed by atoms with E-state index in [1.54, 1.807) is 0 Å². The van der Waals surface area contributed by atoms with E-state index in [1.807, 2.05) is 12.4 Å². The minimum atomic E-state index is 0.600. The van der Waals surface area contributed by atoms with E-state index in [1.165, 1.54) is 35.7 Å². The molecule has 0 amide bonds. The standard InChI is InChI=1S/C17H22N2/c1-12-5-3-7-16(13(12)2)19-17-8-4-6-14-11-18-10-9-15(14)17/h4,6,8-13,16,19H,3,5,7H2,1-2H3. The zero-order valence-electron chi connectivity index (χ0n) is 11.8. The fraction of sp³-hybridized carbons (Fsp3) is 0.471. The van der Waals surface area contributed by atoms with Crippen molar-refractivity contribution in [2.75, 3.05) is 5.32 Å². The summed E-state index contributed by atoms with van der Waals surface area (Å²) in [5.74, 6) is 1.56. The number of aromatic nitrogens is 1. The summed E-state index contributed by atoms with van der Waals surface area (Å²) in [6.45, 7) is 4.76. The molecule has 0 bridgehead atoms. The van der Waals surface area contributed by atoms with Crippen LogP contribution in [0.5, 0.6) is 0 Å². The Morgan fingerprint density at radius 3 is 2.95 bits per heavy atom. The van der Waals surface area contributed by atoms with E-state index in [0.717, 1.165) is 11.8 Å². The summed E-state index contributed by atoms with van der Waals surface area (Å²) in [6.07, 6.45) is 7.81. The molecule has 1 aromatic carbocycles. The second kappa shape index (κ2) is 5.20. The van der Waals surface area contributed by atoms with Crippen LogP contribution in [0.1, 0.15) is 33.1 Å². The third kappa shape index (κ3) is 2.44. The number of anilines is 1. The number of benzene rings is 1. The van der Waals surface area contributed by atoms with Gasteiger partial charge in [-0.2, -0.15) is 0 Å². The minimum Gasteiger partial charge on any atom is -0.382 e. The van der Waals surface area contributed by atoms with Crippen LogP contribution in [0.25, 0.3) is 10.8 Å². The number of fused-ring (bicyclic) bond motifs is 1. The topological polar surface area (TPSA) is 24.9 Å². The van der Waals surface area contributed by atoms with Gasteiger partial charge in [0.2, 0.25) is 0 Å². The molecule has 1 heterocycles. The van der Waals surface area contributed by atoms with Gasteiger partial charge >= 0.3 is 0 Å². The molecule has 2 aromatic rings. The third-order valence-corrected chi connectivity index (χ3v) is 4.73. The van der Waals surface area contributed by atoms with Crippen molar-refractivity contribution in [3.63, 3.8) is 0 Å². The first-order valence-electron chi connectivity index (χ1n) is 7.35. The molecule has 1 fully saturated rings. The Bertz CT molecular complexity index is 559. The fourth-order valence-electron chi connectivity index (χ4n) is 3.23. The largest absolute Gasteiger partial charge is 0.382 e. The van der Waals surface area contributed by atoms with Gasteiger partial charge in [0, 0.05) is 34.9 Å². The summed E-state index contributed by atoms with van der Waals surface area (Å²) in [6, 6.07) is 9.13. The summed E-state index contributed by atoms with van der Waals surface area (Å²) in [4.78, 5) is 4.20. The number of nitrogens with one attached hydrogen (secondary N) is 1. The van der Waals surface area contributed by atoms with Crippen LogP contribution < -0.4 is 5.32 Å². The highest BCUT2D eigenvalue weighted by atomic mass is 14.9. The first kappa shape index (κ1) is 12.5. The van der Waals surface area contributed by atoms with Crippen molar-refractivity contribution in [1.82, 2.24) is 4.98 Å². The molecule has 0 radical (unpaired) electrons. The van der Waals surface area contributed by atoms with Crippen molar-refractivity contribution in [3.8, 4) is 0 Å². The lowest BCUT2D eigenvalue weighted by Gasteiger charge is -2.35. The Morgan fingerprint density at radius 2 is 2.05 bits per heavy atom. The molecule has 2 nitrogen and oxygen atoms in total. The van der Waals surface area contributed by atoms with Gasteiger partial charge < -0.3 is 5.32 Å². The molecule has 0 saturated heterocycles. The van der Waals surface area contributed by atoms with Crippen LogP contribution in [0.3, 0.4) is 0 Å². The van der Waals surface area contributed by atoms with Gasteiger partial charge in [-0.15, -0.1) is 0 Å². The maximum Gasteiger partial charge on any atom is 0.0423 e. The van der Waals surface area contributed by atoms with E-state index < -0.39 is 0 Å². The molecular formula is C17H22N2. The molecule has 1 aromatic heterocycles. The van der Waals surface area contributed by atoms with E-state index in [0.29, 0.717) is 6.04 Å². The van der Waals surface area contributed by atoms with Crippen molar-refractivity contribution < 1.29 is 0 Å². The fourth-order valence-corrected chi connectivity index (χ4v) is 3.23. The maximum atomic E-state index is 4.20. The zero-order valence-corrected chi connectivity index (χ0v) is 11.8. The minimum absolute atomic E-state index is 0.600. The van der Waals surface area contributed by atoms with Crippen molar-refractivity contribution >= 4 is 16.5 Å². The van der Waals surface area contributed by atoms with Crippen LogP contribution in [-0.2, 0) is 0 Å². The Balaban J connectivity index is 1.89. The van der Waals surface area contributed by atoms with Crippen LogP contribution >= 0.6 is 0 Å². The molecule has 3 rings (SSSR count). The highest BCUT2D eigenvalue weighted by Crippen LogP contribution is 2.33. The van der Waals surface area contributed by atoms with Gasteiger partial charge in [-0.1, -0.05) is 38.8 Å². The predicted octanol–water partition coefficient (Wildman–Crippen LogP) is 4.47. The van der Waals surface area contributed by atoms with Gasteiger partial charge in [0.05, 0.1) is 0 Å². The quantitative estimate of drug-likeness (QED) is 0.855. The van der Waals surface area contributed by atoms with Gasteiger partial charge in [-0.3, -0.25) is 4.98 Å². The molecular weight excluding hydrogens is 232 g/mol. The zero-order chi connectivity index (χ0) is 13.2. The van der Waals surface area contributed by atoms with E-state index in [2.05, 4.69) is 48.4 Å². The van der Waals surface area contributed by atoms with Crippen molar-refractivity contribution in [3.05, 3.63) is 36.7 Å². The van der Waals surface area contributed by atoms with Crippen LogP contribution in [0.15, 0.2) is 36.7 Å². The Kier molecular flexibility index (Phi) is 3.41. The molecule has 3 atom stereocenters. The first-order chi connectivity index (χ1) is 9.25. The number of nitrogens with zero attached hydrogens (tertiary/aromatic N) is 1. The molecule has 2 heteroatoms. The van der Waals surface area contributed by atoms with Crippen LogP contribution in [-0.4, -0.2) is 11.0 Å². The maximum absolute atomic E-state index is 4.20. The lowest BCUT2D eigenvalue weighted by atomic mass is 9.78. The van der Waals surface area contributed by atoms with Crippen LogP contribution in [0, 0.1) is 11.8 Å². The van der Waals surface area contributed by atoms with Gasteiger partial charge in [0.25, 0.3) is 0 Å². The Hall–Kier alpha value is -1.57. The number of hydrogen-bond acceptors (Lipinski definition) is 2. The van der Waals surface area contributed by atoms with Crippen molar-refractivity contribution in [1.29, 1.82) is 0 Å². The molecule has 1 N–H and O–H groups in total. The molecule has 1 aliphatic rings. The predicted molar refractivity (Wildman–Crippen MR) is 81.3 cm³/mol. The second-order valence-corrected chi connectivity index (χ2v) is 5.92. The second-order valence-electron chi connectivity index (χ2n) is 5.92.